The molecule has 9 nitrogen and oxygen atoms in total. The fourth-order valence-electron chi connectivity index (χ4n) is 5.65. The maximum atomic E-state index is 6.30. The Hall–Kier alpha value is -1.40. The Labute approximate surface area is 211 Å². The van der Waals surface area contributed by atoms with Crippen molar-refractivity contribution < 1.29 is 42.6 Å². The number of benzene rings is 1. The van der Waals surface area contributed by atoms with Gasteiger partial charge in [0.15, 0.2) is 29.9 Å². The van der Waals surface area contributed by atoms with Crippen molar-refractivity contribution in [1.29, 1.82) is 0 Å². The minimum Gasteiger partial charge on any atom is -0.345 e. The van der Waals surface area contributed by atoms with Crippen molar-refractivity contribution in [1.82, 2.24) is 0 Å². The Bertz CT molecular complexity index is 977. The topological polar surface area (TPSA) is 83.1 Å². The monoisotopic (exact) mass is 504 g/mol. The smallest absolute Gasteiger partial charge is 0.190 e. The molecule has 1 aromatic carbocycles. The SMILES string of the molecule is CC1(C)O[C@H]2[C@@H](O1)[C@@H](/C=C\[C@H]1O[C@@H](OCc3ccccc3)[C@@H]3OC(C)(C)O[C@@H]31)O[C@@H]1OC(C)(C)O[C@@H]12. The van der Waals surface area contributed by atoms with E-state index in [1.165, 1.54) is 0 Å². The van der Waals surface area contributed by atoms with Gasteiger partial charge in [0.25, 0.3) is 0 Å². The van der Waals surface area contributed by atoms with Crippen LogP contribution in [0.2, 0.25) is 0 Å². The Morgan fingerprint density at radius 1 is 0.639 bits per heavy atom. The predicted octanol–water partition coefficient (Wildman–Crippen LogP) is 3.40. The quantitative estimate of drug-likeness (QED) is 0.560. The normalized spacial score (nSPS) is 44.0. The van der Waals surface area contributed by atoms with E-state index in [1.807, 2.05) is 84.0 Å². The fraction of sp³-hybridized carbons (Fsp3) is 0.704. The molecule has 1 aromatic rings. The molecular formula is C27H36O9. The molecule has 0 aromatic heterocycles. The van der Waals surface area contributed by atoms with Gasteiger partial charge < -0.3 is 42.6 Å². The molecule has 5 aliphatic heterocycles. The van der Waals surface area contributed by atoms with Gasteiger partial charge in [-0.25, -0.2) is 0 Å². The first-order chi connectivity index (χ1) is 17.0. The first kappa shape index (κ1) is 24.9. The molecule has 0 spiro atoms. The van der Waals surface area contributed by atoms with Crippen molar-refractivity contribution in [3.8, 4) is 0 Å². The van der Waals surface area contributed by atoms with Crippen LogP contribution >= 0.6 is 0 Å². The Morgan fingerprint density at radius 3 is 1.86 bits per heavy atom. The number of ether oxygens (including phenoxy) is 9. The Kier molecular flexibility index (Phi) is 6.11. The minimum absolute atomic E-state index is 0.314. The maximum Gasteiger partial charge on any atom is 0.190 e. The molecule has 0 bridgehead atoms. The molecule has 36 heavy (non-hydrogen) atoms. The maximum absolute atomic E-state index is 6.30. The highest BCUT2D eigenvalue weighted by Crippen LogP contribution is 2.45. The molecule has 0 N–H and O–H groups in total. The van der Waals surface area contributed by atoms with Gasteiger partial charge in [-0.05, 0) is 47.1 Å². The molecule has 5 fully saturated rings. The highest BCUT2D eigenvalue weighted by molar-refractivity contribution is 5.14. The highest BCUT2D eigenvalue weighted by atomic mass is 16.9. The Balaban J connectivity index is 1.19. The summed E-state index contributed by atoms with van der Waals surface area (Å²) >= 11 is 0. The first-order valence-electron chi connectivity index (χ1n) is 12.7. The predicted molar refractivity (Wildman–Crippen MR) is 125 cm³/mol. The van der Waals surface area contributed by atoms with Crippen molar-refractivity contribution in [3.05, 3.63) is 48.0 Å². The van der Waals surface area contributed by atoms with Crippen molar-refractivity contribution in [3.63, 3.8) is 0 Å². The summed E-state index contributed by atoms with van der Waals surface area (Å²) in [6, 6.07) is 9.99. The molecule has 9 atom stereocenters. The zero-order valence-corrected chi connectivity index (χ0v) is 21.6. The van der Waals surface area contributed by atoms with Gasteiger partial charge in [-0.2, -0.15) is 0 Å². The molecule has 6 rings (SSSR count). The van der Waals surface area contributed by atoms with Crippen molar-refractivity contribution in [2.75, 3.05) is 0 Å². The van der Waals surface area contributed by atoms with E-state index < -0.39 is 36.0 Å². The third-order valence-corrected chi connectivity index (χ3v) is 6.99. The van der Waals surface area contributed by atoms with Crippen LogP contribution in [0.1, 0.15) is 47.1 Å². The molecule has 198 valence electrons. The van der Waals surface area contributed by atoms with Crippen molar-refractivity contribution in [2.45, 2.75) is 121 Å². The number of hydrogen-bond donors (Lipinski definition) is 0. The largest absolute Gasteiger partial charge is 0.345 e. The second-order valence-electron chi connectivity index (χ2n) is 11.3. The first-order valence-corrected chi connectivity index (χ1v) is 12.7. The summed E-state index contributed by atoms with van der Waals surface area (Å²) in [5, 5.41) is 0. The van der Waals surface area contributed by atoms with Crippen molar-refractivity contribution >= 4 is 0 Å². The Morgan fingerprint density at radius 2 is 1.17 bits per heavy atom. The lowest BCUT2D eigenvalue weighted by Gasteiger charge is -2.36. The molecule has 0 aliphatic carbocycles. The molecule has 0 saturated carbocycles. The highest BCUT2D eigenvalue weighted by Gasteiger charge is 2.60. The summed E-state index contributed by atoms with van der Waals surface area (Å²) in [5.41, 5.74) is 1.06. The number of fused-ring (bicyclic) bond motifs is 4. The van der Waals surface area contributed by atoms with E-state index in [2.05, 4.69) is 0 Å². The van der Waals surface area contributed by atoms with E-state index in [0.29, 0.717) is 6.61 Å². The lowest BCUT2D eigenvalue weighted by molar-refractivity contribution is -0.231. The van der Waals surface area contributed by atoms with Gasteiger partial charge in [0, 0.05) is 0 Å². The van der Waals surface area contributed by atoms with Gasteiger partial charge in [0.05, 0.1) is 6.61 Å². The molecule has 5 heterocycles. The summed E-state index contributed by atoms with van der Waals surface area (Å²) in [6.07, 6.45) is 0.273. The van der Waals surface area contributed by atoms with E-state index >= 15 is 0 Å². The molecule has 5 aliphatic rings. The average Bonchev–Trinajstić information content (AvgIpc) is 3.48. The number of rotatable bonds is 5. The van der Waals surface area contributed by atoms with Crippen LogP contribution in [-0.4, -0.2) is 72.7 Å². The average molecular weight is 505 g/mol. The third kappa shape index (κ3) is 4.77. The molecule has 0 radical (unpaired) electrons. The minimum atomic E-state index is -0.764. The standard InChI is InChI=1S/C27H36O9/c1-25(2)31-18-16(30-24-22(20(18)33-25)35-27(5,6)36-24)12-13-17-19-21(34-26(3,4)32-19)23(29-17)28-14-15-10-8-7-9-11-15/h7-13,16-24H,14H2,1-6H3/b13-12-/t16-,17-,18+,19-,20+,21-,22-,23-,24-/m1/s1. The third-order valence-electron chi connectivity index (χ3n) is 6.99. The molecular weight excluding hydrogens is 468 g/mol. The van der Waals surface area contributed by atoms with E-state index in [4.69, 9.17) is 42.6 Å². The van der Waals surface area contributed by atoms with E-state index in [0.717, 1.165) is 5.56 Å². The van der Waals surface area contributed by atoms with E-state index in [9.17, 15) is 0 Å². The zero-order chi connectivity index (χ0) is 25.3. The van der Waals surface area contributed by atoms with Crippen LogP contribution in [0.4, 0.5) is 0 Å². The molecule has 9 heteroatoms. The van der Waals surface area contributed by atoms with E-state index in [1.54, 1.807) is 0 Å². The lowest BCUT2D eigenvalue weighted by atomic mass is 9.98. The molecule has 0 unspecified atom stereocenters. The van der Waals surface area contributed by atoms with Crippen LogP contribution in [0.5, 0.6) is 0 Å². The van der Waals surface area contributed by atoms with Gasteiger partial charge in [-0.3, -0.25) is 0 Å². The van der Waals surface area contributed by atoms with Crippen molar-refractivity contribution in [2.24, 2.45) is 0 Å². The molecule has 5 saturated heterocycles. The van der Waals surface area contributed by atoms with Gasteiger partial charge >= 0.3 is 0 Å². The summed E-state index contributed by atoms with van der Waals surface area (Å²) in [7, 11) is 0. The van der Waals surface area contributed by atoms with Gasteiger partial charge in [0.2, 0.25) is 0 Å². The second kappa shape index (κ2) is 8.83. The van der Waals surface area contributed by atoms with E-state index in [-0.39, 0.29) is 36.6 Å². The van der Waals surface area contributed by atoms with Crippen LogP contribution in [0.15, 0.2) is 42.5 Å². The summed E-state index contributed by atoms with van der Waals surface area (Å²) in [4.78, 5) is 0. The molecule has 0 amide bonds. The zero-order valence-electron chi connectivity index (χ0n) is 21.6. The van der Waals surface area contributed by atoms with Gasteiger partial charge in [-0.1, -0.05) is 42.5 Å². The van der Waals surface area contributed by atoms with Crippen LogP contribution in [0.25, 0.3) is 0 Å². The van der Waals surface area contributed by atoms with Gasteiger partial charge in [-0.15, -0.1) is 0 Å². The van der Waals surface area contributed by atoms with Crippen LogP contribution < -0.4 is 0 Å². The van der Waals surface area contributed by atoms with Crippen LogP contribution in [0, 0.1) is 0 Å². The summed E-state index contributed by atoms with van der Waals surface area (Å²) in [6.45, 7) is 11.8. The van der Waals surface area contributed by atoms with Gasteiger partial charge in [0.1, 0.15) is 42.7 Å². The fourth-order valence-corrected chi connectivity index (χ4v) is 5.65. The second-order valence-corrected chi connectivity index (χ2v) is 11.3. The van der Waals surface area contributed by atoms with Crippen LogP contribution in [0.3, 0.4) is 0 Å². The van der Waals surface area contributed by atoms with Crippen LogP contribution in [-0.2, 0) is 49.2 Å². The number of hydrogen-bond acceptors (Lipinski definition) is 9. The lowest BCUT2D eigenvalue weighted by Crippen LogP contribution is -2.54. The summed E-state index contributed by atoms with van der Waals surface area (Å²) < 4.78 is 55.6. The summed E-state index contributed by atoms with van der Waals surface area (Å²) in [5.74, 6) is -2.25.